The van der Waals surface area contributed by atoms with Gasteiger partial charge in [0.05, 0.1) is 11.0 Å². The first kappa shape index (κ1) is 20.7. The van der Waals surface area contributed by atoms with E-state index in [1.807, 2.05) is 22.4 Å². The largest absolute Gasteiger partial charge is 0.329 e. The van der Waals surface area contributed by atoms with Gasteiger partial charge in [-0.1, -0.05) is 35.0 Å². The maximum absolute atomic E-state index is 13.4. The predicted octanol–water partition coefficient (Wildman–Crippen LogP) is 5.82. The van der Waals surface area contributed by atoms with E-state index in [9.17, 15) is 14.9 Å². The molecule has 3 aromatic rings. The number of rotatable bonds is 4. The number of hydrogen-bond acceptors (Lipinski definition) is 5. The standard InChI is InChI=1S/C22H20BrN3O3S/c1-14-12-20(21-24-10-11-30-21)25(13-19(14)15-2-6-17(23)7-3-15)22(27)16-4-8-18(9-5-16)26(28)29/h2-11,14,19-20H,12-13H2,1H3. The van der Waals surface area contributed by atoms with E-state index in [1.54, 1.807) is 17.5 Å². The van der Waals surface area contributed by atoms with E-state index in [4.69, 9.17) is 0 Å². The fourth-order valence-corrected chi connectivity index (χ4v) is 5.08. The summed E-state index contributed by atoms with van der Waals surface area (Å²) < 4.78 is 1.02. The molecule has 4 rings (SSSR count). The first-order valence-corrected chi connectivity index (χ1v) is 11.3. The quantitative estimate of drug-likeness (QED) is 0.344. The van der Waals surface area contributed by atoms with Crippen LogP contribution in [0.15, 0.2) is 64.6 Å². The molecule has 1 saturated heterocycles. The van der Waals surface area contributed by atoms with Crippen molar-refractivity contribution >= 4 is 38.9 Å². The molecule has 3 atom stereocenters. The van der Waals surface area contributed by atoms with E-state index >= 15 is 0 Å². The van der Waals surface area contributed by atoms with Crippen molar-refractivity contribution < 1.29 is 9.72 Å². The Hall–Kier alpha value is -2.58. The third-order valence-electron chi connectivity index (χ3n) is 5.67. The highest BCUT2D eigenvalue weighted by molar-refractivity contribution is 9.10. The van der Waals surface area contributed by atoms with Crippen LogP contribution in [0.2, 0.25) is 0 Å². The third-order valence-corrected chi connectivity index (χ3v) is 7.08. The molecule has 2 aromatic carbocycles. The van der Waals surface area contributed by atoms with Gasteiger partial charge in [-0.3, -0.25) is 14.9 Å². The summed E-state index contributed by atoms with van der Waals surface area (Å²) in [5.74, 6) is 0.455. The van der Waals surface area contributed by atoms with Crippen LogP contribution in [0.1, 0.15) is 46.2 Å². The molecule has 0 aliphatic carbocycles. The van der Waals surface area contributed by atoms with Crippen LogP contribution >= 0.6 is 27.3 Å². The van der Waals surface area contributed by atoms with Crippen LogP contribution < -0.4 is 0 Å². The predicted molar refractivity (Wildman–Crippen MR) is 120 cm³/mol. The fourth-order valence-electron chi connectivity index (χ4n) is 4.06. The summed E-state index contributed by atoms with van der Waals surface area (Å²) >= 11 is 5.04. The van der Waals surface area contributed by atoms with Crippen molar-refractivity contribution in [3.63, 3.8) is 0 Å². The number of aromatic nitrogens is 1. The lowest BCUT2D eigenvalue weighted by atomic mass is 9.79. The number of non-ortho nitro benzene ring substituents is 1. The fraction of sp³-hybridized carbons (Fsp3) is 0.273. The number of nitrogens with zero attached hydrogens (tertiary/aromatic N) is 3. The number of hydrogen-bond donors (Lipinski definition) is 0. The van der Waals surface area contributed by atoms with Gasteiger partial charge in [0.15, 0.2) is 0 Å². The van der Waals surface area contributed by atoms with Gasteiger partial charge >= 0.3 is 0 Å². The van der Waals surface area contributed by atoms with Gasteiger partial charge in [-0.15, -0.1) is 11.3 Å². The number of amides is 1. The minimum absolute atomic E-state index is 0.0250. The Balaban J connectivity index is 1.67. The van der Waals surface area contributed by atoms with Crippen LogP contribution in [0.4, 0.5) is 5.69 Å². The lowest BCUT2D eigenvalue weighted by molar-refractivity contribution is -0.384. The summed E-state index contributed by atoms with van der Waals surface area (Å²) in [7, 11) is 0. The van der Waals surface area contributed by atoms with Gasteiger partial charge in [0.1, 0.15) is 5.01 Å². The molecule has 1 aliphatic rings. The highest BCUT2D eigenvalue weighted by Crippen LogP contribution is 2.42. The third kappa shape index (κ3) is 4.15. The second-order valence-corrected chi connectivity index (χ2v) is 9.36. The van der Waals surface area contributed by atoms with E-state index < -0.39 is 4.92 Å². The number of likely N-dealkylation sites (tertiary alicyclic amines) is 1. The van der Waals surface area contributed by atoms with Crippen molar-refractivity contribution in [2.45, 2.75) is 25.3 Å². The Morgan fingerprint density at radius 1 is 1.20 bits per heavy atom. The first-order valence-electron chi connectivity index (χ1n) is 9.64. The number of halogens is 1. The molecule has 3 unspecified atom stereocenters. The molecule has 2 heterocycles. The maximum Gasteiger partial charge on any atom is 0.269 e. The number of carbonyl (C=O) groups is 1. The molecule has 30 heavy (non-hydrogen) atoms. The molecule has 0 bridgehead atoms. The highest BCUT2D eigenvalue weighted by atomic mass is 79.9. The molecule has 0 spiro atoms. The zero-order valence-electron chi connectivity index (χ0n) is 16.3. The Kier molecular flexibility index (Phi) is 5.97. The minimum Gasteiger partial charge on any atom is -0.329 e. The van der Waals surface area contributed by atoms with Crippen LogP contribution in [0, 0.1) is 16.0 Å². The average Bonchev–Trinajstić information content (AvgIpc) is 3.29. The summed E-state index contributed by atoms with van der Waals surface area (Å²) in [5.41, 5.74) is 1.62. The van der Waals surface area contributed by atoms with E-state index in [1.165, 1.54) is 29.8 Å². The molecule has 1 aliphatic heterocycles. The van der Waals surface area contributed by atoms with Gasteiger partial charge in [-0.2, -0.15) is 0 Å². The van der Waals surface area contributed by atoms with Crippen LogP contribution in [-0.4, -0.2) is 27.3 Å². The SMILES string of the molecule is CC1CC(c2nccs2)N(C(=O)c2ccc([N+](=O)[O-])cc2)CC1c1ccc(Br)cc1. The molecular formula is C22H20BrN3O3S. The minimum atomic E-state index is -0.460. The van der Waals surface area contributed by atoms with E-state index in [2.05, 4.69) is 40.0 Å². The molecule has 1 fully saturated rings. The van der Waals surface area contributed by atoms with Gasteiger partial charge in [0.2, 0.25) is 0 Å². The Morgan fingerprint density at radius 2 is 1.90 bits per heavy atom. The van der Waals surface area contributed by atoms with Crippen molar-refractivity contribution in [1.82, 2.24) is 9.88 Å². The Bertz CT molecular complexity index is 1040. The van der Waals surface area contributed by atoms with Crippen molar-refractivity contribution in [3.05, 3.63) is 90.8 Å². The van der Waals surface area contributed by atoms with Crippen LogP contribution in [0.3, 0.4) is 0 Å². The second kappa shape index (κ2) is 8.65. The highest BCUT2D eigenvalue weighted by Gasteiger charge is 2.38. The van der Waals surface area contributed by atoms with E-state index in [0.717, 1.165) is 15.9 Å². The zero-order valence-corrected chi connectivity index (χ0v) is 18.7. The van der Waals surface area contributed by atoms with Gasteiger partial charge in [-0.25, -0.2) is 4.98 Å². The number of carbonyl (C=O) groups excluding carboxylic acids is 1. The summed E-state index contributed by atoms with van der Waals surface area (Å²) in [6.45, 7) is 2.80. The van der Waals surface area contributed by atoms with Gasteiger partial charge in [0, 0.05) is 46.2 Å². The average molecular weight is 486 g/mol. The molecule has 8 heteroatoms. The number of nitro groups is 1. The molecular weight excluding hydrogens is 466 g/mol. The Labute approximate surface area is 186 Å². The summed E-state index contributed by atoms with van der Waals surface area (Å²) in [6.07, 6.45) is 2.58. The molecule has 6 nitrogen and oxygen atoms in total. The van der Waals surface area contributed by atoms with Gasteiger partial charge < -0.3 is 4.90 Å². The summed E-state index contributed by atoms with van der Waals surface area (Å²) in [5, 5.41) is 13.8. The van der Waals surface area contributed by atoms with Crippen molar-refractivity contribution in [2.75, 3.05) is 6.54 Å². The first-order chi connectivity index (χ1) is 14.4. The molecule has 154 valence electrons. The monoisotopic (exact) mass is 485 g/mol. The number of nitro benzene ring substituents is 1. The second-order valence-electron chi connectivity index (χ2n) is 7.52. The van der Waals surface area contributed by atoms with Gasteiger partial charge in [0.25, 0.3) is 11.6 Å². The van der Waals surface area contributed by atoms with Crippen LogP contribution in [0.25, 0.3) is 0 Å². The Morgan fingerprint density at radius 3 is 2.50 bits per heavy atom. The van der Waals surface area contributed by atoms with Gasteiger partial charge in [-0.05, 0) is 42.2 Å². The molecule has 0 radical (unpaired) electrons. The molecule has 1 aromatic heterocycles. The smallest absolute Gasteiger partial charge is 0.269 e. The van der Waals surface area contributed by atoms with Crippen LogP contribution in [0.5, 0.6) is 0 Å². The normalized spacial score (nSPS) is 21.4. The van der Waals surface area contributed by atoms with E-state index in [0.29, 0.717) is 18.0 Å². The molecule has 0 N–H and O–H groups in total. The topological polar surface area (TPSA) is 76.3 Å². The number of benzene rings is 2. The summed E-state index contributed by atoms with van der Waals surface area (Å²) in [6, 6.07) is 14.0. The maximum atomic E-state index is 13.4. The molecule has 1 amide bonds. The zero-order chi connectivity index (χ0) is 21.3. The van der Waals surface area contributed by atoms with Crippen molar-refractivity contribution in [2.24, 2.45) is 5.92 Å². The lowest BCUT2D eigenvalue weighted by Crippen LogP contribution is -2.44. The summed E-state index contributed by atoms with van der Waals surface area (Å²) in [4.78, 5) is 30.3. The van der Waals surface area contributed by atoms with Crippen molar-refractivity contribution in [1.29, 1.82) is 0 Å². The van der Waals surface area contributed by atoms with Crippen LogP contribution in [-0.2, 0) is 0 Å². The number of thiazole rings is 1. The van der Waals surface area contributed by atoms with E-state index in [-0.39, 0.29) is 23.6 Å². The van der Waals surface area contributed by atoms with Crippen molar-refractivity contribution in [3.8, 4) is 0 Å². The number of piperidine rings is 1. The molecule has 0 saturated carbocycles. The lowest BCUT2D eigenvalue weighted by Gasteiger charge is -2.42.